The normalized spacial score (nSPS) is 22.8. The van der Waals surface area contributed by atoms with Gasteiger partial charge in [-0.3, -0.25) is 0 Å². The Morgan fingerprint density at radius 2 is 2.05 bits per heavy atom. The smallest absolute Gasteiger partial charge is 0.0950 e. The Morgan fingerprint density at radius 1 is 1.26 bits per heavy atom. The molecule has 3 atom stereocenters. The lowest BCUT2D eigenvalue weighted by Crippen LogP contribution is -1.94. The summed E-state index contributed by atoms with van der Waals surface area (Å²) in [6, 6.07) is 0. The van der Waals surface area contributed by atoms with Gasteiger partial charge in [-0.15, -0.1) is 6.58 Å². The van der Waals surface area contributed by atoms with Crippen LogP contribution in [0.5, 0.6) is 0 Å². The highest BCUT2D eigenvalue weighted by Crippen LogP contribution is 2.29. The van der Waals surface area contributed by atoms with Crippen molar-refractivity contribution in [3.63, 3.8) is 0 Å². The van der Waals surface area contributed by atoms with Crippen LogP contribution in [0.2, 0.25) is 0 Å². The molecule has 0 aliphatic carbocycles. The molecule has 1 aliphatic heterocycles. The van der Waals surface area contributed by atoms with E-state index in [0.29, 0.717) is 12.2 Å². The summed E-state index contributed by atoms with van der Waals surface area (Å²) < 4.78 is 5.58. The third kappa shape index (κ3) is 7.87. The Labute approximate surface area is 117 Å². The first-order valence-corrected chi connectivity index (χ1v) is 7.39. The van der Waals surface area contributed by atoms with E-state index < -0.39 is 6.10 Å². The van der Waals surface area contributed by atoms with E-state index >= 15 is 0 Å². The van der Waals surface area contributed by atoms with Crippen LogP contribution in [-0.4, -0.2) is 23.4 Å². The van der Waals surface area contributed by atoms with Crippen molar-refractivity contribution in [1.82, 2.24) is 0 Å². The Hall–Kier alpha value is -1.04. The number of aliphatic hydroxyl groups excluding tert-OH is 1. The molecule has 2 heteroatoms. The summed E-state index contributed by atoms with van der Waals surface area (Å²) in [5.74, 6) is 5.97. The molecule has 1 fully saturated rings. The molecule has 1 N–H and O–H groups in total. The van der Waals surface area contributed by atoms with Crippen molar-refractivity contribution in [2.75, 3.05) is 0 Å². The maximum Gasteiger partial charge on any atom is 0.0950 e. The van der Waals surface area contributed by atoms with Gasteiger partial charge in [0.25, 0.3) is 0 Å². The first kappa shape index (κ1) is 16.0. The molecule has 0 aromatic carbocycles. The van der Waals surface area contributed by atoms with Gasteiger partial charge in [-0.1, -0.05) is 56.9 Å². The highest BCUT2D eigenvalue weighted by atomic mass is 16.6. The zero-order valence-electron chi connectivity index (χ0n) is 12.0. The molecule has 0 aromatic heterocycles. The van der Waals surface area contributed by atoms with Gasteiger partial charge in [-0.05, 0) is 18.6 Å². The van der Waals surface area contributed by atoms with E-state index in [-0.39, 0.29) is 0 Å². The van der Waals surface area contributed by atoms with Crippen LogP contribution in [0.25, 0.3) is 0 Å². The summed E-state index contributed by atoms with van der Waals surface area (Å²) in [4.78, 5) is 0. The van der Waals surface area contributed by atoms with Gasteiger partial charge in [0.05, 0.1) is 18.3 Å². The lowest BCUT2D eigenvalue weighted by molar-refractivity contribution is 0.272. The maximum absolute atomic E-state index is 9.18. The minimum atomic E-state index is -0.595. The predicted molar refractivity (Wildman–Crippen MR) is 79.8 cm³/mol. The van der Waals surface area contributed by atoms with Crippen LogP contribution in [0.3, 0.4) is 0 Å². The van der Waals surface area contributed by atoms with Crippen molar-refractivity contribution < 1.29 is 9.84 Å². The van der Waals surface area contributed by atoms with Crippen molar-refractivity contribution in [1.29, 1.82) is 0 Å². The van der Waals surface area contributed by atoms with E-state index in [0.717, 1.165) is 6.42 Å². The molecule has 106 valence electrons. The summed E-state index contributed by atoms with van der Waals surface area (Å²) in [6.45, 7) is 5.72. The lowest BCUT2D eigenvalue weighted by Gasteiger charge is -1.96. The third-order valence-electron chi connectivity index (χ3n) is 3.30. The second kappa shape index (κ2) is 9.83. The average Bonchev–Trinajstić information content (AvgIpc) is 3.16. The molecule has 1 rings (SSSR count). The van der Waals surface area contributed by atoms with Gasteiger partial charge in [-0.2, -0.15) is 0 Å². The number of epoxide rings is 1. The first-order valence-electron chi connectivity index (χ1n) is 7.39. The number of aliphatic hydroxyl groups is 1. The molecule has 0 saturated carbocycles. The average molecular weight is 262 g/mol. The molecule has 2 nitrogen and oxygen atoms in total. The Bertz CT molecular complexity index is 335. The van der Waals surface area contributed by atoms with Crippen molar-refractivity contribution in [3.05, 3.63) is 24.8 Å². The van der Waals surface area contributed by atoms with E-state index in [2.05, 4.69) is 25.3 Å². The van der Waals surface area contributed by atoms with Crippen LogP contribution >= 0.6 is 0 Å². The second-order valence-corrected chi connectivity index (χ2v) is 5.03. The molecule has 0 amide bonds. The van der Waals surface area contributed by atoms with Crippen molar-refractivity contribution in [2.24, 2.45) is 0 Å². The highest BCUT2D eigenvalue weighted by Gasteiger charge is 2.36. The molecule has 1 aliphatic rings. The van der Waals surface area contributed by atoms with Crippen LogP contribution in [0, 0.1) is 11.8 Å². The minimum Gasteiger partial charge on any atom is -0.385 e. The number of hydrogen-bond acceptors (Lipinski definition) is 2. The van der Waals surface area contributed by atoms with E-state index in [9.17, 15) is 5.11 Å². The minimum absolute atomic E-state index is 0.344. The van der Waals surface area contributed by atoms with Crippen molar-refractivity contribution in [3.8, 4) is 11.8 Å². The summed E-state index contributed by atoms with van der Waals surface area (Å²) in [5, 5.41) is 9.18. The number of unbranched alkanes of at least 4 members (excludes halogenated alkanes) is 4. The van der Waals surface area contributed by atoms with E-state index in [4.69, 9.17) is 4.74 Å². The molecule has 19 heavy (non-hydrogen) atoms. The van der Waals surface area contributed by atoms with Crippen molar-refractivity contribution >= 4 is 0 Å². The Balaban J connectivity index is 2.00. The zero-order chi connectivity index (χ0) is 13.9. The number of rotatable bonds is 9. The standard InChI is InChI=1S/C17H26O2/c1-3-5-6-7-10-13-16-17(19-16)14-11-8-9-12-15(18)4-2/h4,9,12,15-18H,2-3,5-7,10,13-14H2,1H3. The fourth-order valence-corrected chi connectivity index (χ4v) is 2.01. The summed E-state index contributed by atoms with van der Waals surface area (Å²) >= 11 is 0. The summed E-state index contributed by atoms with van der Waals surface area (Å²) in [7, 11) is 0. The largest absolute Gasteiger partial charge is 0.385 e. The topological polar surface area (TPSA) is 32.8 Å². The first-order chi connectivity index (χ1) is 9.27. The molecule has 1 saturated heterocycles. The highest BCUT2D eigenvalue weighted by molar-refractivity contribution is 5.19. The molecule has 3 unspecified atom stereocenters. The number of allylic oxidation sites excluding steroid dienone is 1. The maximum atomic E-state index is 9.18. The molecule has 0 bridgehead atoms. The van der Waals surface area contributed by atoms with E-state index in [1.54, 1.807) is 12.2 Å². The van der Waals surface area contributed by atoms with Crippen LogP contribution in [-0.2, 0) is 4.74 Å². The van der Waals surface area contributed by atoms with Gasteiger partial charge in [0.15, 0.2) is 0 Å². The SMILES string of the molecule is C=CC(O)C=CC#CCC1OC1CCCCCCC. The van der Waals surface area contributed by atoms with Gasteiger partial charge in [0.1, 0.15) is 0 Å². The summed E-state index contributed by atoms with van der Waals surface area (Å²) in [6.07, 6.45) is 13.5. The predicted octanol–water partition coefficient (Wildman–Crippen LogP) is 3.61. The molecule has 0 radical (unpaired) electrons. The molecule has 1 heterocycles. The van der Waals surface area contributed by atoms with Crippen LogP contribution in [0.1, 0.15) is 51.9 Å². The third-order valence-corrected chi connectivity index (χ3v) is 3.30. The Morgan fingerprint density at radius 3 is 2.79 bits per heavy atom. The van der Waals surface area contributed by atoms with Crippen molar-refractivity contribution in [2.45, 2.75) is 70.2 Å². The Kier molecular flexibility index (Phi) is 8.29. The lowest BCUT2D eigenvalue weighted by atomic mass is 10.1. The molecule has 0 aromatic rings. The fraction of sp³-hybridized carbons (Fsp3) is 0.647. The van der Waals surface area contributed by atoms with Gasteiger partial charge in [0, 0.05) is 6.42 Å². The number of hydrogen-bond donors (Lipinski definition) is 1. The quantitative estimate of drug-likeness (QED) is 0.298. The second-order valence-electron chi connectivity index (χ2n) is 5.03. The molecule has 0 spiro atoms. The van der Waals surface area contributed by atoms with Gasteiger partial charge in [-0.25, -0.2) is 0 Å². The molecular formula is C17H26O2. The van der Waals surface area contributed by atoms with Crippen LogP contribution in [0.15, 0.2) is 24.8 Å². The van der Waals surface area contributed by atoms with Gasteiger partial charge in [0.2, 0.25) is 0 Å². The van der Waals surface area contributed by atoms with Crippen LogP contribution in [0.4, 0.5) is 0 Å². The van der Waals surface area contributed by atoms with E-state index in [1.807, 2.05) is 0 Å². The van der Waals surface area contributed by atoms with Crippen LogP contribution < -0.4 is 0 Å². The van der Waals surface area contributed by atoms with E-state index in [1.165, 1.54) is 44.6 Å². The fourth-order valence-electron chi connectivity index (χ4n) is 2.01. The zero-order valence-corrected chi connectivity index (χ0v) is 12.0. The van der Waals surface area contributed by atoms with Gasteiger partial charge < -0.3 is 9.84 Å². The number of ether oxygens (including phenoxy) is 1. The monoisotopic (exact) mass is 262 g/mol. The molecular weight excluding hydrogens is 236 g/mol. The van der Waals surface area contributed by atoms with Gasteiger partial charge >= 0.3 is 0 Å². The summed E-state index contributed by atoms with van der Waals surface area (Å²) in [5.41, 5.74) is 0.